The number of sulfonamides is 1. The maximum absolute atomic E-state index is 13.7. The molecule has 1 unspecified atom stereocenters. The lowest BCUT2D eigenvalue weighted by Gasteiger charge is -2.33. The summed E-state index contributed by atoms with van der Waals surface area (Å²) in [6, 6.07) is 7.70. The molecule has 0 saturated heterocycles. The van der Waals surface area contributed by atoms with Crippen molar-refractivity contribution in [3.05, 3.63) is 54.2 Å². The number of pyridine rings is 1. The first-order valence-electron chi connectivity index (χ1n) is 9.32. The Hall–Kier alpha value is -2.78. The molecule has 152 valence electrons. The van der Waals surface area contributed by atoms with Crippen LogP contribution in [0.3, 0.4) is 0 Å². The van der Waals surface area contributed by atoms with E-state index in [0.29, 0.717) is 10.9 Å². The summed E-state index contributed by atoms with van der Waals surface area (Å²) in [5.41, 5.74) is 1.88. The van der Waals surface area contributed by atoms with Crippen molar-refractivity contribution in [2.24, 2.45) is 0 Å². The fourth-order valence-electron chi connectivity index (χ4n) is 3.76. The van der Waals surface area contributed by atoms with Gasteiger partial charge in [-0.05, 0) is 26.0 Å². The molecule has 1 aliphatic rings. The zero-order chi connectivity index (χ0) is 20.8. The maximum atomic E-state index is 13.7. The van der Waals surface area contributed by atoms with E-state index in [0.717, 1.165) is 11.4 Å². The third-order valence-electron chi connectivity index (χ3n) is 5.23. The second-order valence-corrected chi connectivity index (χ2v) is 9.12. The van der Waals surface area contributed by atoms with Crippen LogP contribution in [0.5, 0.6) is 0 Å². The highest BCUT2D eigenvalue weighted by molar-refractivity contribution is 7.89. The van der Waals surface area contributed by atoms with Crippen molar-refractivity contribution in [2.45, 2.75) is 43.8 Å². The molecular weight excluding hydrogens is 392 g/mol. The summed E-state index contributed by atoms with van der Waals surface area (Å²) in [5, 5.41) is 0.716. The minimum absolute atomic E-state index is 0.0405. The average Bonchev–Trinajstić information content (AvgIpc) is 3.15. The lowest BCUT2D eigenvalue weighted by atomic mass is 10.1. The molecule has 3 heterocycles. The topological polar surface area (TPSA) is 94.4 Å². The van der Waals surface area contributed by atoms with E-state index in [1.165, 1.54) is 17.5 Å². The molecule has 1 atom stereocenters. The van der Waals surface area contributed by atoms with Gasteiger partial charge in [0.25, 0.3) is 0 Å². The Labute approximate surface area is 169 Å². The van der Waals surface area contributed by atoms with Crippen molar-refractivity contribution < 1.29 is 17.9 Å². The Morgan fingerprint density at radius 1 is 1.21 bits per heavy atom. The van der Waals surface area contributed by atoms with E-state index >= 15 is 0 Å². The minimum Gasteiger partial charge on any atom is -0.468 e. The van der Waals surface area contributed by atoms with Gasteiger partial charge in [0.1, 0.15) is 10.9 Å². The standard InChI is InChI=1S/C20H22N4O4S/c1-13(2)23-12-22-15-10-16(20(25)28-3)24(11-17(15)23)29(26,27)18-8-4-6-14-7-5-9-21-19(14)18/h4-9,12-13,16H,10-11H2,1-3H3. The molecule has 3 aromatic rings. The maximum Gasteiger partial charge on any atom is 0.324 e. The molecule has 0 aliphatic carbocycles. The third-order valence-corrected chi connectivity index (χ3v) is 7.12. The van der Waals surface area contributed by atoms with Crippen LogP contribution in [-0.2, 0) is 32.5 Å². The molecule has 4 rings (SSSR count). The van der Waals surface area contributed by atoms with E-state index in [2.05, 4.69) is 9.97 Å². The molecular formula is C20H22N4O4S. The van der Waals surface area contributed by atoms with Crippen molar-refractivity contribution in [1.29, 1.82) is 0 Å². The number of aromatic nitrogens is 3. The second-order valence-electron chi connectivity index (χ2n) is 7.26. The fraction of sp³-hybridized carbons (Fsp3) is 0.350. The lowest BCUT2D eigenvalue weighted by Crippen LogP contribution is -2.49. The monoisotopic (exact) mass is 414 g/mol. The fourth-order valence-corrected chi connectivity index (χ4v) is 5.46. The van der Waals surface area contributed by atoms with E-state index in [-0.39, 0.29) is 23.9 Å². The van der Waals surface area contributed by atoms with Crippen LogP contribution in [0.25, 0.3) is 10.9 Å². The number of hydrogen-bond donors (Lipinski definition) is 0. The van der Waals surface area contributed by atoms with Gasteiger partial charge in [-0.25, -0.2) is 13.4 Å². The summed E-state index contributed by atoms with van der Waals surface area (Å²) in [5.74, 6) is -0.605. The molecule has 1 aliphatic heterocycles. The highest BCUT2D eigenvalue weighted by atomic mass is 32.2. The van der Waals surface area contributed by atoms with Crippen LogP contribution >= 0.6 is 0 Å². The van der Waals surface area contributed by atoms with Crippen LogP contribution < -0.4 is 0 Å². The van der Waals surface area contributed by atoms with Crippen LogP contribution in [0.4, 0.5) is 0 Å². The summed E-state index contributed by atoms with van der Waals surface area (Å²) < 4.78 is 35.4. The zero-order valence-electron chi connectivity index (χ0n) is 16.4. The second kappa shape index (κ2) is 7.23. The molecule has 9 heteroatoms. The summed E-state index contributed by atoms with van der Waals surface area (Å²) in [6.45, 7) is 4.04. The molecule has 8 nitrogen and oxygen atoms in total. The molecule has 2 aromatic heterocycles. The first-order chi connectivity index (χ1) is 13.8. The molecule has 0 bridgehead atoms. The van der Waals surface area contributed by atoms with Crippen LogP contribution in [0.15, 0.2) is 47.8 Å². The van der Waals surface area contributed by atoms with Gasteiger partial charge in [-0.3, -0.25) is 9.78 Å². The molecule has 0 spiro atoms. The minimum atomic E-state index is -4.03. The summed E-state index contributed by atoms with van der Waals surface area (Å²) >= 11 is 0. The number of ether oxygens (including phenoxy) is 1. The van der Waals surface area contributed by atoms with Gasteiger partial charge in [0.2, 0.25) is 10.0 Å². The van der Waals surface area contributed by atoms with Gasteiger partial charge < -0.3 is 9.30 Å². The Bertz CT molecular complexity index is 1180. The van der Waals surface area contributed by atoms with E-state index in [1.807, 2.05) is 18.4 Å². The molecule has 0 radical (unpaired) electrons. The van der Waals surface area contributed by atoms with Gasteiger partial charge in [0.05, 0.1) is 36.9 Å². The SMILES string of the molecule is COC(=O)C1Cc2ncn(C(C)C)c2CN1S(=O)(=O)c1cccc2cccnc12. The first kappa shape index (κ1) is 19.5. The third kappa shape index (κ3) is 3.20. The Morgan fingerprint density at radius 2 is 1.97 bits per heavy atom. The largest absolute Gasteiger partial charge is 0.468 e. The van der Waals surface area contributed by atoms with Crippen molar-refractivity contribution in [3.63, 3.8) is 0 Å². The molecule has 0 amide bonds. The number of para-hydroxylation sites is 1. The smallest absolute Gasteiger partial charge is 0.324 e. The Kier molecular flexibility index (Phi) is 4.87. The number of benzene rings is 1. The number of imidazole rings is 1. The van der Waals surface area contributed by atoms with Crippen molar-refractivity contribution in [3.8, 4) is 0 Å². The zero-order valence-corrected chi connectivity index (χ0v) is 17.3. The number of fused-ring (bicyclic) bond motifs is 2. The van der Waals surface area contributed by atoms with Gasteiger partial charge >= 0.3 is 5.97 Å². The van der Waals surface area contributed by atoms with Gasteiger partial charge in [-0.15, -0.1) is 0 Å². The molecule has 0 saturated carbocycles. The van der Waals surface area contributed by atoms with E-state index in [4.69, 9.17) is 4.74 Å². The normalized spacial score (nSPS) is 17.4. The molecule has 0 fully saturated rings. The highest BCUT2D eigenvalue weighted by Gasteiger charge is 2.42. The van der Waals surface area contributed by atoms with E-state index in [1.54, 1.807) is 36.8 Å². The quantitative estimate of drug-likeness (QED) is 0.608. The number of methoxy groups -OCH3 is 1. The summed E-state index contributed by atoms with van der Waals surface area (Å²) in [7, 11) is -2.77. The Morgan fingerprint density at radius 3 is 2.69 bits per heavy atom. The molecule has 0 N–H and O–H groups in total. The van der Waals surface area contributed by atoms with Crippen molar-refractivity contribution >= 4 is 26.9 Å². The number of carbonyl (C=O) groups excluding carboxylic acids is 1. The summed E-state index contributed by atoms with van der Waals surface area (Å²) in [4.78, 5) is 21.2. The van der Waals surface area contributed by atoms with Crippen LogP contribution in [0.1, 0.15) is 31.3 Å². The summed E-state index contributed by atoms with van der Waals surface area (Å²) in [6.07, 6.45) is 3.42. The van der Waals surface area contributed by atoms with Crippen molar-refractivity contribution in [1.82, 2.24) is 18.8 Å². The number of hydrogen-bond acceptors (Lipinski definition) is 6. The first-order valence-corrected chi connectivity index (χ1v) is 10.8. The number of carbonyl (C=O) groups is 1. The average molecular weight is 414 g/mol. The van der Waals surface area contributed by atoms with E-state index < -0.39 is 22.0 Å². The Balaban J connectivity index is 1.87. The molecule has 29 heavy (non-hydrogen) atoms. The highest BCUT2D eigenvalue weighted by Crippen LogP contribution is 2.32. The molecule has 1 aromatic carbocycles. The lowest BCUT2D eigenvalue weighted by molar-refractivity contribution is -0.145. The van der Waals surface area contributed by atoms with Crippen molar-refractivity contribution in [2.75, 3.05) is 7.11 Å². The van der Waals surface area contributed by atoms with E-state index in [9.17, 15) is 13.2 Å². The predicted molar refractivity (Wildman–Crippen MR) is 107 cm³/mol. The number of nitrogens with zero attached hydrogens (tertiary/aromatic N) is 4. The van der Waals surface area contributed by atoms with Gasteiger partial charge in [-0.1, -0.05) is 18.2 Å². The number of rotatable bonds is 4. The van der Waals surface area contributed by atoms with Gasteiger partial charge in [0.15, 0.2) is 0 Å². The van der Waals surface area contributed by atoms with Crippen LogP contribution in [0.2, 0.25) is 0 Å². The van der Waals surface area contributed by atoms with Crippen LogP contribution in [0, 0.1) is 0 Å². The van der Waals surface area contributed by atoms with Gasteiger partial charge in [-0.2, -0.15) is 4.31 Å². The van der Waals surface area contributed by atoms with Gasteiger partial charge in [0, 0.05) is 24.0 Å². The number of esters is 1. The predicted octanol–water partition coefficient (Wildman–Crippen LogP) is 2.30. The van der Waals surface area contributed by atoms with Crippen LogP contribution in [-0.4, -0.2) is 46.4 Å².